The van der Waals surface area contributed by atoms with Crippen LogP contribution in [0.15, 0.2) is 22.7 Å². The lowest BCUT2D eigenvalue weighted by Gasteiger charge is -2.18. The molecule has 0 aromatic carbocycles. The van der Waals surface area contributed by atoms with Gasteiger partial charge in [0, 0.05) is 25.5 Å². The third-order valence-electron chi connectivity index (χ3n) is 2.72. The average molecular weight is 306 g/mol. The molecular formula is C12H18N8S. The second-order valence-corrected chi connectivity index (χ2v) is 5.14. The van der Waals surface area contributed by atoms with Crippen LogP contribution in [-0.4, -0.2) is 38.0 Å². The number of rotatable bonds is 6. The van der Waals surface area contributed by atoms with E-state index < -0.39 is 0 Å². The van der Waals surface area contributed by atoms with Crippen molar-refractivity contribution in [3.05, 3.63) is 18.0 Å². The van der Waals surface area contributed by atoms with E-state index >= 15 is 0 Å². The molecule has 0 spiro atoms. The van der Waals surface area contributed by atoms with Crippen molar-refractivity contribution in [3.63, 3.8) is 0 Å². The Balaban J connectivity index is 2.29. The molecule has 0 saturated carbocycles. The maximum absolute atomic E-state index is 5.42. The summed E-state index contributed by atoms with van der Waals surface area (Å²) in [6, 6.07) is 0. The van der Waals surface area contributed by atoms with Gasteiger partial charge in [0.25, 0.3) is 0 Å². The highest BCUT2D eigenvalue weighted by Crippen LogP contribution is 2.23. The topological polar surface area (TPSA) is 106 Å². The highest BCUT2D eigenvalue weighted by atomic mass is 32.2. The number of nitrogen functional groups attached to an aromatic ring is 1. The zero-order valence-electron chi connectivity index (χ0n) is 12.2. The fraction of sp³-hybridized carbons (Fsp3) is 0.417. The lowest BCUT2D eigenvalue weighted by molar-refractivity contribution is 0.781. The van der Waals surface area contributed by atoms with Gasteiger partial charge in [-0.25, -0.2) is 15.8 Å². The van der Waals surface area contributed by atoms with E-state index in [9.17, 15) is 0 Å². The summed E-state index contributed by atoms with van der Waals surface area (Å²) >= 11 is 1.27. The van der Waals surface area contributed by atoms with Gasteiger partial charge in [-0.2, -0.15) is 15.0 Å². The molecule has 0 aliphatic heterocycles. The molecule has 0 amide bonds. The van der Waals surface area contributed by atoms with Gasteiger partial charge >= 0.3 is 0 Å². The summed E-state index contributed by atoms with van der Waals surface area (Å²) in [6.07, 6.45) is 3.51. The molecule has 0 atom stereocenters. The van der Waals surface area contributed by atoms with Gasteiger partial charge in [0.15, 0.2) is 5.16 Å². The van der Waals surface area contributed by atoms with Crippen LogP contribution in [0.5, 0.6) is 0 Å². The number of nitrogens with two attached hydrogens (primary N) is 1. The molecule has 0 unspecified atom stereocenters. The molecule has 2 aromatic rings. The maximum Gasteiger partial charge on any atom is 0.242 e. The number of aryl methyl sites for hydroxylation is 1. The van der Waals surface area contributed by atoms with Crippen LogP contribution < -0.4 is 16.2 Å². The van der Waals surface area contributed by atoms with E-state index in [1.165, 1.54) is 11.8 Å². The molecule has 2 heterocycles. The summed E-state index contributed by atoms with van der Waals surface area (Å²) in [6.45, 7) is 7.62. The average Bonchev–Trinajstić information content (AvgIpc) is 2.50. The Morgan fingerprint density at radius 3 is 2.33 bits per heavy atom. The fourth-order valence-corrected chi connectivity index (χ4v) is 2.25. The van der Waals surface area contributed by atoms with Gasteiger partial charge in [-0.1, -0.05) is 0 Å². The van der Waals surface area contributed by atoms with Crippen molar-refractivity contribution >= 4 is 23.7 Å². The third kappa shape index (κ3) is 3.99. The molecule has 0 saturated heterocycles. The predicted molar refractivity (Wildman–Crippen MR) is 82.1 cm³/mol. The van der Waals surface area contributed by atoms with Gasteiger partial charge in [0.05, 0.1) is 0 Å². The Kier molecular flexibility index (Phi) is 5.23. The Hall–Kier alpha value is -2.00. The lowest BCUT2D eigenvalue weighted by Crippen LogP contribution is -2.25. The first-order chi connectivity index (χ1) is 10.2. The van der Waals surface area contributed by atoms with Crippen LogP contribution in [0.4, 0.5) is 11.9 Å². The van der Waals surface area contributed by atoms with Crippen LogP contribution in [0.25, 0.3) is 0 Å². The number of anilines is 2. The van der Waals surface area contributed by atoms with Gasteiger partial charge in [0.2, 0.25) is 17.1 Å². The molecule has 21 heavy (non-hydrogen) atoms. The minimum Gasteiger partial charge on any atom is -0.341 e. The first-order valence-electron chi connectivity index (χ1n) is 6.60. The molecule has 112 valence electrons. The van der Waals surface area contributed by atoms with Crippen LogP contribution in [0.3, 0.4) is 0 Å². The largest absolute Gasteiger partial charge is 0.341 e. The molecule has 0 fully saturated rings. The Labute approximate surface area is 127 Å². The summed E-state index contributed by atoms with van der Waals surface area (Å²) in [7, 11) is 0. The van der Waals surface area contributed by atoms with Crippen molar-refractivity contribution in [3.8, 4) is 0 Å². The molecule has 3 N–H and O–H groups in total. The second kappa shape index (κ2) is 7.14. The van der Waals surface area contributed by atoms with Crippen molar-refractivity contribution in [2.45, 2.75) is 31.1 Å². The Morgan fingerprint density at radius 2 is 1.76 bits per heavy atom. The molecule has 9 heteroatoms. The lowest BCUT2D eigenvalue weighted by atomic mass is 10.4. The van der Waals surface area contributed by atoms with Crippen molar-refractivity contribution in [1.29, 1.82) is 0 Å². The first-order valence-corrected chi connectivity index (χ1v) is 7.42. The number of nitrogens with one attached hydrogen (secondary N) is 1. The zero-order valence-corrected chi connectivity index (χ0v) is 13.1. The van der Waals surface area contributed by atoms with Crippen LogP contribution >= 0.6 is 11.8 Å². The van der Waals surface area contributed by atoms with E-state index in [4.69, 9.17) is 5.84 Å². The summed E-state index contributed by atoms with van der Waals surface area (Å²) in [5, 5.41) is 1.09. The highest BCUT2D eigenvalue weighted by Gasteiger charge is 2.12. The SMILES string of the molecule is CCN(CC)c1nc(NN)nc(Sc2ncc(C)cn2)n1. The van der Waals surface area contributed by atoms with Crippen LogP contribution in [0, 0.1) is 6.92 Å². The number of hydrogen-bond acceptors (Lipinski definition) is 9. The smallest absolute Gasteiger partial charge is 0.242 e. The summed E-state index contributed by atoms with van der Waals surface area (Å²) in [4.78, 5) is 23.4. The fourth-order valence-electron chi connectivity index (χ4n) is 1.62. The van der Waals surface area contributed by atoms with E-state index in [0.29, 0.717) is 22.2 Å². The highest BCUT2D eigenvalue weighted by molar-refractivity contribution is 7.99. The standard InChI is InChI=1S/C12H18N8S/c1-4-20(5-2)10-16-9(19-13)17-12(18-10)21-11-14-6-8(3)7-15-11/h6-7H,4-5,13H2,1-3H3,(H,16,17,18,19). The van der Waals surface area contributed by atoms with Crippen LogP contribution in [0.1, 0.15) is 19.4 Å². The van der Waals surface area contributed by atoms with E-state index in [1.807, 2.05) is 25.7 Å². The normalized spacial score (nSPS) is 10.5. The monoisotopic (exact) mass is 306 g/mol. The van der Waals surface area contributed by atoms with Gasteiger partial charge < -0.3 is 4.90 Å². The Morgan fingerprint density at radius 1 is 1.10 bits per heavy atom. The molecule has 0 aliphatic carbocycles. The van der Waals surface area contributed by atoms with Crippen molar-refractivity contribution < 1.29 is 0 Å². The zero-order chi connectivity index (χ0) is 15.2. The van der Waals surface area contributed by atoms with Crippen molar-refractivity contribution in [2.75, 3.05) is 23.4 Å². The summed E-state index contributed by atoms with van der Waals surface area (Å²) in [5.74, 6) is 6.32. The summed E-state index contributed by atoms with van der Waals surface area (Å²) in [5.41, 5.74) is 3.47. The molecule has 2 rings (SSSR count). The molecule has 0 bridgehead atoms. The predicted octanol–water partition coefficient (Wildman–Crippen LogP) is 1.25. The molecule has 2 aromatic heterocycles. The maximum atomic E-state index is 5.42. The number of hydrazine groups is 1. The number of aromatic nitrogens is 5. The number of hydrogen-bond donors (Lipinski definition) is 2. The third-order valence-corrected chi connectivity index (χ3v) is 3.48. The Bertz CT molecular complexity index is 584. The van der Waals surface area contributed by atoms with Crippen molar-refractivity contribution in [1.82, 2.24) is 24.9 Å². The van der Waals surface area contributed by atoms with Crippen LogP contribution in [0.2, 0.25) is 0 Å². The number of nitrogens with zero attached hydrogens (tertiary/aromatic N) is 6. The quantitative estimate of drug-likeness (QED) is 0.463. The van der Waals surface area contributed by atoms with Crippen LogP contribution in [-0.2, 0) is 0 Å². The van der Waals surface area contributed by atoms with Crippen molar-refractivity contribution in [2.24, 2.45) is 5.84 Å². The molecule has 8 nitrogen and oxygen atoms in total. The van der Waals surface area contributed by atoms with Gasteiger partial charge in [0.1, 0.15) is 0 Å². The minimum atomic E-state index is 0.321. The van der Waals surface area contributed by atoms with E-state index in [2.05, 4.69) is 30.3 Å². The minimum absolute atomic E-state index is 0.321. The van der Waals surface area contributed by atoms with E-state index in [1.54, 1.807) is 12.4 Å². The molecular weight excluding hydrogens is 288 g/mol. The van der Waals surface area contributed by atoms with E-state index in [0.717, 1.165) is 18.7 Å². The van der Waals surface area contributed by atoms with Gasteiger partial charge in [-0.05, 0) is 38.1 Å². The second-order valence-electron chi connectivity index (χ2n) is 4.20. The van der Waals surface area contributed by atoms with Gasteiger partial charge in [-0.3, -0.25) is 5.43 Å². The van der Waals surface area contributed by atoms with E-state index in [-0.39, 0.29) is 0 Å². The summed E-state index contributed by atoms with van der Waals surface area (Å²) < 4.78 is 0. The van der Waals surface area contributed by atoms with Gasteiger partial charge in [-0.15, -0.1) is 0 Å². The first kappa shape index (κ1) is 15.4. The molecule has 0 radical (unpaired) electrons. The molecule has 0 aliphatic rings.